The minimum atomic E-state index is -4.14. The number of carbonyl (C=O) groups excluding carboxylic acids is 1. The second-order valence-electron chi connectivity index (χ2n) is 8.70. The predicted molar refractivity (Wildman–Crippen MR) is 143 cm³/mol. The molecule has 0 saturated carbocycles. The molecular weight excluding hydrogens is 533 g/mol. The van der Waals surface area contributed by atoms with E-state index in [1.807, 2.05) is 60.9 Å². The first-order valence-electron chi connectivity index (χ1n) is 11.7. The van der Waals surface area contributed by atoms with Crippen molar-refractivity contribution in [3.63, 3.8) is 0 Å². The number of hydrogen-bond acceptors (Lipinski definition) is 5. The number of carboxylic acid groups (broad SMARTS) is 1. The van der Waals surface area contributed by atoms with Crippen LogP contribution in [0.4, 0.5) is 5.82 Å². The number of anilines is 1. The van der Waals surface area contributed by atoms with E-state index in [-0.39, 0.29) is 46.6 Å². The van der Waals surface area contributed by atoms with Crippen molar-refractivity contribution >= 4 is 55.1 Å². The van der Waals surface area contributed by atoms with Gasteiger partial charge >= 0.3 is 29.6 Å². The molecule has 0 unspecified atom stereocenters. The SMILES string of the molecule is CCn1c(CN(c2ncc3ccccc3c2C)S(=O)(=O)c2ccc(C(=O)[O-])cc2)cc2ccc(Cl)cc21.[Na+]. The summed E-state index contributed by atoms with van der Waals surface area (Å²) in [7, 11) is -4.14. The number of benzene rings is 3. The van der Waals surface area contributed by atoms with Crippen molar-refractivity contribution in [1.29, 1.82) is 0 Å². The molecule has 0 N–H and O–H groups in total. The Morgan fingerprint density at radius 2 is 1.74 bits per heavy atom. The molecule has 188 valence electrons. The van der Waals surface area contributed by atoms with Gasteiger partial charge in [0.15, 0.2) is 0 Å². The summed E-state index contributed by atoms with van der Waals surface area (Å²) >= 11 is 6.25. The average Bonchev–Trinajstić information content (AvgIpc) is 3.24. The van der Waals surface area contributed by atoms with Gasteiger partial charge in [-0.15, -0.1) is 0 Å². The first-order chi connectivity index (χ1) is 17.7. The molecule has 5 rings (SSSR count). The van der Waals surface area contributed by atoms with Gasteiger partial charge in [0.25, 0.3) is 10.0 Å². The van der Waals surface area contributed by atoms with Gasteiger partial charge in [0, 0.05) is 45.3 Å². The molecule has 0 radical (unpaired) electrons. The smallest absolute Gasteiger partial charge is 0.545 e. The van der Waals surface area contributed by atoms with Gasteiger partial charge in [-0.1, -0.05) is 54.1 Å². The number of fused-ring (bicyclic) bond motifs is 2. The van der Waals surface area contributed by atoms with Crippen molar-refractivity contribution in [2.45, 2.75) is 31.8 Å². The average molecular weight is 556 g/mol. The molecule has 0 bridgehead atoms. The summed E-state index contributed by atoms with van der Waals surface area (Å²) in [6, 6.07) is 20.2. The number of aromatic nitrogens is 2. The molecule has 5 aromatic rings. The number of halogens is 1. The number of aryl methyl sites for hydroxylation is 2. The number of carbonyl (C=O) groups is 1. The fraction of sp³-hybridized carbons (Fsp3) is 0.143. The third-order valence-corrected chi connectivity index (χ3v) is 8.50. The van der Waals surface area contributed by atoms with Crippen molar-refractivity contribution in [3.05, 3.63) is 101 Å². The fourth-order valence-corrected chi connectivity index (χ4v) is 6.27. The van der Waals surface area contributed by atoms with Crippen LogP contribution in [0.1, 0.15) is 28.5 Å². The Kier molecular flexibility index (Phi) is 8.20. The first kappa shape index (κ1) is 28.1. The van der Waals surface area contributed by atoms with Gasteiger partial charge in [0.1, 0.15) is 5.82 Å². The molecule has 10 heteroatoms. The molecule has 0 fully saturated rings. The van der Waals surface area contributed by atoms with Gasteiger partial charge in [-0.25, -0.2) is 17.7 Å². The monoisotopic (exact) mass is 555 g/mol. The molecule has 0 aliphatic carbocycles. The topological polar surface area (TPSA) is 95.3 Å². The normalized spacial score (nSPS) is 11.4. The van der Waals surface area contributed by atoms with Crippen LogP contribution in [-0.2, 0) is 23.1 Å². The molecule has 0 spiro atoms. The van der Waals surface area contributed by atoms with Crippen LogP contribution in [0.25, 0.3) is 21.7 Å². The van der Waals surface area contributed by atoms with E-state index in [1.165, 1.54) is 28.6 Å². The summed E-state index contributed by atoms with van der Waals surface area (Å²) in [5, 5.41) is 14.5. The van der Waals surface area contributed by atoms with Crippen LogP contribution < -0.4 is 39.0 Å². The minimum absolute atomic E-state index is 0. The van der Waals surface area contributed by atoms with Gasteiger partial charge in [-0.2, -0.15) is 0 Å². The second-order valence-corrected chi connectivity index (χ2v) is 11.0. The molecule has 0 aliphatic heterocycles. The first-order valence-corrected chi connectivity index (χ1v) is 13.5. The number of pyridine rings is 1. The number of carboxylic acids is 1. The van der Waals surface area contributed by atoms with Crippen LogP contribution in [0.3, 0.4) is 0 Å². The van der Waals surface area contributed by atoms with E-state index in [9.17, 15) is 18.3 Å². The molecule has 0 saturated heterocycles. The number of sulfonamides is 1. The fourth-order valence-electron chi connectivity index (χ4n) is 4.65. The Labute approximate surface area is 248 Å². The molecule has 2 heterocycles. The van der Waals surface area contributed by atoms with Crippen molar-refractivity contribution in [2.75, 3.05) is 4.31 Å². The maximum absolute atomic E-state index is 14.1. The molecule has 2 aromatic heterocycles. The summed E-state index contributed by atoms with van der Waals surface area (Å²) < 4.78 is 31.4. The molecule has 7 nitrogen and oxygen atoms in total. The molecule has 3 aromatic carbocycles. The summed E-state index contributed by atoms with van der Waals surface area (Å²) in [5.74, 6) is -1.08. The molecule has 0 atom stereocenters. The quantitative estimate of drug-likeness (QED) is 0.286. The number of rotatable bonds is 7. The Morgan fingerprint density at radius 1 is 1.03 bits per heavy atom. The third kappa shape index (κ3) is 5.07. The molecule has 38 heavy (non-hydrogen) atoms. The van der Waals surface area contributed by atoms with Crippen LogP contribution in [0.2, 0.25) is 5.02 Å². The Bertz CT molecular complexity index is 1770. The Balaban J connectivity index is 0.00000336. The van der Waals surface area contributed by atoms with E-state index in [0.29, 0.717) is 17.4 Å². The van der Waals surface area contributed by atoms with E-state index in [2.05, 4.69) is 4.98 Å². The van der Waals surface area contributed by atoms with Crippen molar-refractivity contribution in [1.82, 2.24) is 9.55 Å². The summed E-state index contributed by atoms with van der Waals surface area (Å²) in [4.78, 5) is 15.7. The van der Waals surface area contributed by atoms with Crippen molar-refractivity contribution < 1.29 is 47.9 Å². The van der Waals surface area contributed by atoms with Gasteiger partial charge in [-0.3, -0.25) is 0 Å². The minimum Gasteiger partial charge on any atom is -0.545 e. The van der Waals surface area contributed by atoms with Crippen molar-refractivity contribution in [2.24, 2.45) is 0 Å². The van der Waals surface area contributed by atoms with E-state index >= 15 is 0 Å². The number of aromatic carboxylic acids is 1. The largest absolute Gasteiger partial charge is 1.00 e. The number of hydrogen-bond donors (Lipinski definition) is 0. The van der Waals surface area contributed by atoms with Crippen LogP contribution in [0.5, 0.6) is 0 Å². The zero-order valence-electron chi connectivity index (χ0n) is 21.2. The van der Waals surface area contributed by atoms with Crippen LogP contribution in [0.15, 0.2) is 83.9 Å². The standard InChI is InChI=1S/C28H24ClN3O4S.Na/c1-3-31-23(14-20-8-11-22(29)15-26(20)31)17-32(27-18(2)25-7-5-4-6-21(25)16-30-27)37(35,36)24-12-9-19(10-13-24)28(33)34;/h4-16H,3,17H2,1-2H3,(H,33,34);/q;+1/p-1. The van der Waals surface area contributed by atoms with E-state index in [1.54, 1.807) is 12.3 Å². The maximum Gasteiger partial charge on any atom is 1.00 e. The predicted octanol–water partition coefficient (Wildman–Crippen LogP) is 1.93. The molecule has 0 amide bonds. The molecule has 0 aliphatic rings. The van der Waals surface area contributed by atoms with Gasteiger partial charge < -0.3 is 14.5 Å². The van der Waals surface area contributed by atoms with Gasteiger partial charge in [0.05, 0.1) is 17.4 Å². The van der Waals surface area contributed by atoms with Crippen molar-refractivity contribution in [3.8, 4) is 0 Å². The van der Waals surface area contributed by atoms with Crippen LogP contribution >= 0.6 is 11.6 Å². The van der Waals surface area contributed by atoms with E-state index in [0.717, 1.165) is 32.9 Å². The second kappa shape index (κ2) is 11.1. The Hall–Kier alpha value is -2.88. The van der Waals surface area contributed by atoms with E-state index in [4.69, 9.17) is 11.6 Å². The maximum atomic E-state index is 14.1. The summed E-state index contributed by atoms with van der Waals surface area (Å²) in [5.41, 5.74) is 2.29. The third-order valence-electron chi connectivity index (χ3n) is 6.51. The van der Waals surface area contributed by atoms with Gasteiger partial charge in [0.2, 0.25) is 0 Å². The number of nitrogens with zero attached hydrogens (tertiary/aromatic N) is 3. The van der Waals surface area contributed by atoms with Crippen LogP contribution in [-0.4, -0.2) is 23.9 Å². The van der Waals surface area contributed by atoms with E-state index < -0.39 is 16.0 Å². The summed E-state index contributed by atoms with van der Waals surface area (Å²) in [6.07, 6.45) is 1.66. The Morgan fingerprint density at radius 3 is 2.42 bits per heavy atom. The summed E-state index contributed by atoms with van der Waals surface area (Å²) in [6.45, 7) is 4.46. The van der Waals surface area contributed by atoms with Gasteiger partial charge in [-0.05, 0) is 55.1 Å². The molecular formula is C28H23ClN3NaO4S. The zero-order valence-corrected chi connectivity index (χ0v) is 24.8. The van der Waals surface area contributed by atoms with Crippen LogP contribution in [0, 0.1) is 6.92 Å². The zero-order chi connectivity index (χ0) is 26.3.